The fourth-order valence-corrected chi connectivity index (χ4v) is 4.88. The third-order valence-corrected chi connectivity index (χ3v) is 7.23. The topological polar surface area (TPSA) is 97.8 Å². The summed E-state index contributed by atoms with van der Waals surface area (Å²) >= 11 is 0. The first-order valence-corrected chi connectivity index (χ1v) is 12.9. The number of aryl methyl sites for hydroxylation is 2. The van der Waals surface area contributed by atoms with Crippen molar-refractivity contribution in [1.82, 2.24) is 20.1 Å². The van der Waals surface area contributed by atoms with Crippen molar-refractivity contribution in [3.8, 4) is 0 Å². The van der Waals surface area contributed by atoms with Crippen LogP contribution < -0.4 is 10.6 Å². The monoisotopic (exact) mass is 493 g/mol. The Kier molecular flexibility index (Phi) is 8.41. The van der Waals surface area contributed by atoms with Crippen molar-refractivity contribution < 1.29 is 23.5 Å². The predicted molar refractivity (Wildman–Crippen MR) is 129 cm³/mol. The zero-order valence-corrected chi connectivity index (χ0v) is 20.3. The Labute approximate surface area is 205 Å². The molecule has 0 radical (unpaired) electrons. The number of anilines is 1. The molecule has 1 saturated carbocycles. The van der Waals surface area contributed by atoms with E-state index < -0.39 is 24.0 Å². The molecule has 0 aromatic carbocycles. The van der Waals surface area contributed by atoms with Crippen LogP contribution in [0.1, 0.15) is 62.6 Å². The number of alkyl halides is 2. The van der Waals surface area contributed by atoms with Crippen molar-refractivity contribution in [2.75, 3.05) is 38.0 Å². The number of hydrogen-bond acceptors (Lipinski definition) is 5. The molecule has 3 aliphatic rings. The van der Waals surface area contributed by atoms with E-state index in [1.54, 1.807) is 0 Å². The van der Waals surface area contributed by atoms with E-state index in [1.165, 1.54) is 10.5 Å². The van der Waals surface area contributed by atoms with E-state index in [4.69, 9.17) is 4.98 Å². The summed E-state index contributed by atoms with van der Waals surface area (Å²) < 4.78 is 26.7. The first-order valence-electron chi connectivity index (χ1n) is 12.9. The number of unbranched alkanes of at least 4 members (excludes halogenated alkanes) is 1. The number of aliphatic carboxylic acids is 1. The maximum atomic E-state index is 13.3. The number of halogens is 2. The number of urea groups is 1. The molecule has 1 aliphatic carbocycles. The zero-order valence-electron chi connectivity index (χ0n) is 20.3. The molecule has 1 saturated heterocycles. The molecule has 1 aromatic rings. The molecule has 10 heteroatoms. The highest BCUT2D eigenvalue weighted by atomic mass is 19.3. The van der Waals surface area contributed by atoms with E-state index in [9.17, 15) is 23.5 Å². The van der Waals surface area contributed by atoms with Crippen LogP contribution in [0, 0.1) is 0 Å². The number of pyridine rings is 1. The van der Waals surface area contributed by atoms with Crippen molar-refractivity contribution in [3.63, 3.8) is 0 Å². The molecular weight excluding hydrogens is 456 g/mol. The SMILES string of the molecule is O=C(O)C(CCN(CCCCc1ccc2c(n1)NCCC2)C1CC1)NC(=O)N1CCC(F)(F)CC1. The van der Waals surface area contributed by atoms with Crippen LogP contribution >= 0.6 is 0 Å². The average Bonchev–Trinajstić information content (AvgIpc) is 3.67. The molecule has 35 heavy (non-hydrogen) atoms. The first kappa shape index (κ1) is 25.6. The van der Waals surface area contributed by atoms with Gasteiger partial charge >= 0.3 is 12.0 Å². The molecular formula is C25H37F2N5O3. The van der Waals surface area contributed by atoms with E-state index in [1.807, 2.05) is 0 Å². The van der Waals surface area contributed by atoms with Gasteiger partial charge in [-0.05, 0) is 69.5 Å². The number of carbonyl (C=O) groups excluding carboxylic acids is 1. The maximum Gasteiger partial charge on any atom is 0.326 e. The Morgan fingerprint density at radius 2 is 2.00 bits per heavy atom. The molecule has 2 amide bonds. The second-order valence-electron chi connectivity index (χ2n) is 10.0. The molecule has 0 spiro atoms. The maximum absolute atomic E-state index is 13.3. The predicted octanol–water partition coefficient (Wildman–Crippen LogP) is 3.51. The van der Waals surface area contributed by atoms with Crippen LogP contribution in [0.2, 0.25) is 0 Å². The number of hydrogen-bond donors (Lipinski definition) is 3. The number of carboxylic acid groups (broad SMARTS) is 1. The smallest absolute Gasteiger partial charge is 0.326 e. The van der Waals surface area contributed by atoms with Crippen LogP contribution in [0.3, 0.4) is 0 Å². The van der Waals surface area contributed by atoms with Crippen LogP contribution in [0.25, 0.3) is 0 Å². The average molecular weight is 494 g/mol. The minimum Gasteiger partial charge on any atom is -0.480 e. The van der Waals surface area contributed by atoms with Crippen molar-refractivity contribution >= 4 is 17.8 Å². The Morgan fingerprint density at radius 1 is 1.23 bits per heavy atom. The third-order valence-electron chi connectivity index (χ3n) is 7.23. The molecule has 1 atom stereocenters. The highest BCUT2D eigenvalue weighted by Crippen LogP contribution is 2.29. The van der Waals surface area contributed by atoms with Gasteiger partial charge in [-0.25, -0.2) is 23.4 Å². The lowest BCUT2D eigenvalue weighted by atomic mass is 10.1. The number of carboxylic acids is 1. The van der Waals surface area contributed by atoms with Crippen LogP contribution in [-0.4, -0.2) is 82.6 Å². The van der Waals surface area contributed by atoms with Crippen LogP contribution in [0.5, 0.6) is 0 Å². The molecule has 194 valence electrons. The standard InChI is InChI=1S/C25H37F2N5O3/c26-25(27)11-16-32(17-12-25)24(35)30-21(23(33)34)10-15-31(20-8-9-20)14-2-1-5-19-7-6-18-4-3-13-28-22(18)29-19/h6-7,20-21H,1-5,8-17H2,(H,28,29)(H,30,35)(H,33,34). The van der Waals surface area contributed by atoms with Crippen molar-refractivity contribution in [3.05, 3.63) is 23.4 Å². The van der Waals surface area contributed by atoms with Crippen molar-refractivity contribution in [2.45, 2.75) is 82.2 Å². The van der Waals surface area contributed by atoms with Crippen LogP contribution in [-0.2, 0) is 17.6 Å². The number of piperidine rings is 1. The largest absolute Gasteiger partial charge is 0.480 e. The molecule has 2 aliphatic heterocycles. The number of nitrogens with zero attached hydrogens (tertiary/aromatic N) is 3. The normalized spacial score (nSPS) is 20.1. The number of carbonyl (C=O) groups is 2. The highest BCUT2D eigenvalue weighted by Gasteiger charge is 2.36. The Morgan fingerprint density at radius 3 is 2.71 bits per heavy atom. The molecule has 1 aromatic heterocycles. The number of rotatable bonds is 11. The second kappa shape index (κ2) is 11.5. The zero-order chi connectivity index (χ0) is 24.8. The van der Waals surface area contributed by atoms with Crippen LogP contribution in [0.4, 0.5) is 19.4 Å². The molecule has 3 N–H and O–H groups in total. The summed E-state index contributed by atoms with van der Waals surface area (Å²) in [6.07, 6.45) is 6.90. The molecule has 1 unspecified atom stereocenters. The third kappa shape index (κ3) is 7.49. The first-order chi connectivity index (χ1) is 16.8. The minimum absolute atomic E-state index is 0.0610. The van der Waals surface area contributed by atoms with Gasteiger partial charge in [0.25, 0.3) is 5.92 Å². The van der Waals surface area contributed by atoms with Gasteiger partial charge < -0.3 is 25.5 Å². The lowest BCUT2D eigenvalue weighted by Gasteiger charge is -2.32. The number of nitrogens with one attached hydrogen (secondary N) is 2. The quantitative estimate of drug-likeness (QED) is 0.408. The van der Waals surface area contributed by atoms with Gasteiger partial charge in [-0.1, -0.05) is 6.07 Å². The Hall–Kier alpha value is -2.49. The van der Waals surface area contributed by atoms with E-state index >= 15 is 0 Å². The number of aromatic nitrogens is 1. The summed E-state index contributed by atoms with van der Waals surface area (Å²) in [5.74, 6) is -2.82. The van der Waals surface area contributed by atoms with E-state index in [0.29, 0.717) is 19.0 Å². The van der Waals surface area contributed by atoms with E-state index in [-0.39, 0.29) is 25.9 Å². The molecule has 8 nitrogen and oxygen atoms in total. The number of fused-ring (bicyclic) bond motifs is 1. The van der Waals surface area contributed by atoms with Gasteiger partial charge in [-0.3, -0.25) is 0 Å². The summed E-state index contributed by atoms with van der Waals surface area (Å²) in [6.45, 7) is 2.32. The molecule has 2 fully saturated rings. The van der Waals surface area contributed by atoms with Crippen LogP contribution in [0.15, 0.2) is 12.1 Å². The summed E-state index contributed by atoms with van der Waals surface area (Å²) in [7, 11) is 0. The van der Waals surface area contributed by atoms with E-state index in [0.717, 1.165) is 69.5 Å². The van der Waals surface area contributed by atoms with Gasteiger partial charge in [0.05, 0.1) is 0 Å². The summed E-state index contributed by atoms with van der Waals surface area (Å²) in [5, 5.41) is 15.5. The Balaban J connectivity index is 1.20. The van der Waals surface area contributed by atoms with Gasteiger partial charge in [0, 0.05) is 50.8 Å². The van der Waals surface area contributed by atoms with Gasteiger partial charge in [0.1, 0.15) is 11.9 Å². The van der Waals surface area contributed by atoms with Gasteiger partial charge in [0.2, 0.25) is 0 Å². The molecule has 4 rings (SSSR count). The van der Waals surface area contributed by atoms with E-state index in [2.05, 4.69) is 27.7 Å². The second-order valence-corrected chi connectivity index (χ2v) is 10.0. The van der Waals surface area contributed by atoms with Gasteiger partial charge in [-0.2, -0.15) is 0 Å². The summed E-state index contributed by atoms with van der Waals surface area (Å²) in [4.78, 5) is 32.6. The minimum atomic E-state index is -2.75. The summed E-state index contributed by atoms with van der Waals surface area (Å²) in [6, 6.07) is 3.18. The fraction of sp³-hybridized carbons (Fsp3) is 0.720. The van der Waals surface area contributed by atoms with Crippen molar-refractivity contribution in [1.29, 1.82) is 0 Å². The molecule has 3 heterocycles. The number of amides is 2. The molecule has 0 bridgehead atoms. The lowest BCUT2D eigenvalue weighted by Crippen LogP contribution is -2.52. The number of likely N-dealkylation sites (tertiary alicyclic amines) is 1. The van der Waals surface area contributed by atoms with Gasteiger partial charge in [-0.15, -0.1) is 0 Å². The van der Waals surface area contributed by atoms with Gasteiger partial charge in [0.15, 0.2) is 0 Å². The highest BCUT2D eigenvalue weighted by molar-refractivity contribution is 5.82. The Bertz CT molecular complexity index is 886. The van der Waals surface area contributed by atoms with Crippen molar-refractivity contribution in [2.24, 2.45) is 0 Å². The fourth-order valence-electron chi connectivity index (χ4n) is 4.88. The lowest BCUT2D eigenvalue weighted by molar-refractivity contribution is -0.139. The summed E-state index contributed by atoms with van der Waals surface area (Å²) in [5.41, 5.74) is 2.39.